The van der Waals surface area contributed by atoms with Gasteiger partial charge in [-0.1, -0.05) is 11.6 Å². The standard InChI is InChI=1S/C12H16BrClO2S/c1-3-15-12(16-4-2)8-17-11-6-5-9(14)7-10(11)13/h5-7,12H,3-4,8H2,1-2H3. The van der Waals surface area contributed by atoms with E-state index in [9.17, 15) is 0 Å². The second-order valence-corrected chi connectivity index (χ2v) is 5.58. The largest absolute Gasteiger partial charge is 0.352 e. The van der Waals surface area contributed by atoms with Crippen LogP contribution in [0.15, 0.2) is 27.6 Å². The average Bonchev–Trinajstić information content (AvgIpc) is 2.28. The van der Waals surface area contributed by atoms with E-state index in [-0.39, 0.29) is 6.29 Å². The van der Waals surface area contributed by atoms with E-state index >= 15 is 0 Å². The van der Waals surface area contributed by atoms with Gasteiger partial charge in [0.1, 0.15) is 0 Å². The molecule has 0 N–H and O–H groups in total. The molecular weight excluding hydrogens is 324 g/mol. The first kappa shape index (κ1) is 15.3. The fourth-order valence-electron chi connectivity index (χ4n) is 1.27. The maximum atomic E-state index is 5.89. The summed E-state index contributed by atoms with van der Waals surface area (Å²) in [5.41, 5.74) is 0. The molecule has 0 heterocycles. The van der Waals surface area contributed by atoms with Crippen LogP contribution in [0.4, 0.5) is 0 Å². The van der Waals surface area contributed by atoms with Crippen LogP contribution in [0.2, 0.25) is 5.02 Å². The number of hydrogen-bond acceptors (Lipinski definition) is 3. The van der Waals surface area contributed by atoms with Crippen LogP contribution in [0.5, 0.6) is 0 Å². The number of hydrogen-bond donors (Lipinski definition) is 0. The normalized spacial score (nSPS) is 11.1. The maximum Gasteiger partial charge on any atom is 0.166 e. The topological polar surface area (TPSA) is 18.5 Å². The van der Waals surface area contributed by atoms with E-state index < -0.39 is 0 Å². The fraction of sp³-hybridized carbons (Fsp3) is 0.500. The van der Waals surface area contributed by atoms with E-state index in [0.717, 1.165) is 20.1 Å². The molecule has 0 aliphatic carbocycles. The van der Waals surface area contributed by atoms with Crippen molar-refractivity contribution in [1.82, 2.24) is 0 Å². The first-order valence-electron chi connectivity index (χ1n) is 5.48. The van der Waals surface area contributed by atoms with Gasteiger partial charge in [0.2, 0.25) is 0 Å². The van der Waals surface area contributed by atoms with Gasteiger partial charge in [0.15, 0.2) is 6.29 Å². The second-order valence-electron chi connectivity index (χ2n) is 3.23. The van der Waals surface area contributed by atoms with Gasteiger partial charge >= 0.3 is 0 Å². The highest BCUT2D eigenvalue weighted by molar-refractivity contribution is 9.10. The summed E-state index contributed by atoms with van der Waals surface area (Å²) < 4.78 is 12.0. The Morgan fingerprint density at radius 3 is 2.47 bits per heavy atom. The summed E-state index contributed by atoms with van der Waals surface area (Å²) in [6.07, 6.45) is -0.155. The average molecular weight is 340 g/mol. The van der Waals surface area contributed by atoms with Crippen molar-refractivity contribution in [1.29, 1.82) is 0 Å². The van der Waals surface area contributed by atoms with Gasteiger partial charge in [0, 0.05) is 33.4 Å². The Hall–Kier alpha value is 0.260. The quantitative estimate of drug-likeness (QED) is 0.534. The Morgan fingerprint density at radius 1 is 1.29 bits per heavy atom. The fourth-order valence-corrected chi connectivity index (χ4v) is 3.16. The summed E-state index contributed by atoms with van der Waals surface area (Å²) in [5.74, 6) is 0.766. The van der Waals surface area contributed by atoms with Gasteiger partial charge in [0.25, 0.3) is 0 Å². The highest BCUT2D eigenvalue weighted by Gasteiger charge is 2.10. The van der Waals surface area contributed by atoms with Crippen molar-refractivity contribution in [2.24, 2.45) is 0 Å². The second kappa shape index (κ2) is 8.38. The van der Waals surface area contributed by atoms with Crippen molar-refractivity contribution < 1.29 is 9.47 Å². The molecule has 0 aromatic heterocycles. The molecule has 96 valence electrons. The molecule has 0 unspecified atom stereocenters. The lowest BCUT2D eigenvalue weighted by Crippen LogP contribution is -2.19. The van der Waals surface area contributed by atoms with Crippen molar-refractivity contribution in [3.05, 3.63) is 27.7 Å². The van der Waals surface area contributed by atoms with Crippen LogP contribution >= 0.6 is 39.3 Å². The van der Waals surface area contributed by atoms with Crippen LogP contribution in [0, 0.1) is 0 Å². The third-order valence-corrected chi connectivity index (χ3v) is 4.23. The summed E-state index contributed by atoms with van der Waals surface area (Å²) in [6.45, 7) is 5.25. The molecule has 0 aliphatic rings. The first-order valence-corrected chi connectivity index (χ1v) is 7.64. The summed E-state index contributed by atoms with van der Waals surface area (Å²) in [4.78, 5) is 1.14. The number of rotatable bonds is 7. The molecule has 1 aromatic carbocycles. The van der Waals surface area contributed by atoms with Crippen LogP contribution in [0.25, 0.3) is 0 Å². The zero-order chi connectivity index (χ0) is 12.7. The van der Waals surface area contributed by atoms with E-state index in [1.54, 1.807) is 11.8 Å². The lowest BCUT2D eigenvalue weighted by molar-refractivity contribution is -0.120. The molecule has 0 saturated carbocycles. The Morgan fingerprint density at radius 2 is 1.94 bits per heavy atom. The van der Waals surface area contributed by atoms with Crippen LogP contribution in [0.3, 0.4) is 0 Å². The Kier molecular flexibility index (Phi) is 7.55. The molecule has 17 heavy (non-hydrogen) atoms. The van der Waals surface area contributed by atoms with Gasteiger partial charge in [-0.05, 0) is 48.0 Å². The van der Waals surface area contributed by atoms with Gasteiger partial charge in [-0.2, -0.15) is 0 Å². The highest BCUT2D eigenvalue weighted by Crippen LogP contribution is 2.30. The SMILES string of the molecule is CCOC(CSc1ccc(Cl)cc1Br)OCC. The van der Waals surface area contributed by atoms with Crippen LogP contribution in [-0.4, -0.2) is 25.3 Å². The van der Waals surface area contributed by atoms with E-state index in [2.05, 4.69) is 15.9 Å². The predicted octanol–water partition coefficient (Wildman–Crippen LogP) is 4.59. The lowest BCUT2D eigenvalue weighted by atomic mass is 10.4. The Labute approximate surface area is 120 Å². The minimum absolute atomic E-state index is 0.155. The lowest BCUT2D eigenvalue weighted by Gasteiger charge is -2.16. The monoisotopic (exact) mass is 338 g/mol. The minimum Gasteiger partial charge on any atom is -0.352 e. The van der Waals surface area contributed by atoms with Gasteiger partial charge in [-0.15, -0.1) is 11.8 Å². The maximum absolute atomic E-state index is 5.89. The van der Waals surface area contributed by atoms with Crippen molar-refractivity contribution in [2.75, 3.05) is 19.0 Å². The highest BCUT2D eigenvalue weighted by atomic mass is 79.9. The molecule has 0 spiro atoms. The molecule has 2 nitrogen and oxygen atoms in total. The molecular formula is C12H16BrClO2S. The molecule has 0 aliphatic heterocycles. The van der Waals surface area contributed by atoms with Crippen LogP contribution < -0.4 is 0 Å². The summed E-state index contributed by atoms with van der Waals surface area (Å²) in [6, 6.07) is 5.76. The van der Waals surface area contributed by atoms with Crippen LogP contribution in [-0.2, 0) is 9.47 Å². The number of halogens is 2. The number of thioether (sulfide) groups is 1. The molecule has 1 aromatic rings. The summed E-state index contributed by atoms with van der Waals surface area (Å²) >= 11 is 11.1. The molecule has 0 amide bonds. The molecule has 0 radical (unpaired) electrons. The van der Waals surface area contributed by atoms with E-state index in [1.807, 2.05) is 32.0 Å². The van der Waals surface area contributed by atoms with Gasteiger partial charge in [-0.25, -0.2) is 0 Å². The van der Waals surface area contributed by atoms with E-state index in [1.165, 1.54) is 0 Å². The summed E-state index contributed by atoms with van der Waals surface area (Å²) in [5, 5.41) is 0.729. The predicted molar refractivity (Wildman–Crippen MR) is 76.9 cm³/mol. The zero-order valence-corrected chi connectivity index (χ0v) is 13.1. The van der Waals surface area contributed by atoms with E-state index in [0.29, 0.717) is 13.2 Å². The number of ether oxygens (including phenoxy) is 2. The molecule has 0 bridgehead atoms. The molecule has 1 rings (SSSR count). The van der Waals surface area contributed by atoms with Crippen molar-refractivity contribution in [2.45, 2.75) is 25.0 Å². The van der Waals surface area contributed by atoms with E-state index in [4.69, 9.17) is 21.1 Å². The van der Waals surface area contributed by atoms with Crippen molar-refractivity contribution in [3.8, 4) is 0 Å². The smallest absolute Gasteiger partial charge is 0.166 e. The first-order chi connectivity index (χ1) is 8.17. The van der Waals surface area contributed by atoms with Crippen molar-refractivity contribution in [3.63, 3.8) is 0 Å². The molecule has 0 fully saturated rings. The van der Waals surface area contributed by atoms with Gasteiger partial charge in [0.05, 0.1) is 0 Å². The minimum atomic E-state index is -0.155. The molecule has 0 saturated heterocycles. The molecule has 0 atom stereocenters. The third kappa shape index (κ3) is 5.62. The third-order valence-electron chi connectivity index (χ3n) is 1.97. The van der Waals surface area contributed by atoms with Gasteiger partial charge < -0.3 is 9.47 Å². The van der Waals surface area contributed by atoms with Crippen molar-refractivity contribution >= 4 is 39.3 Å². The Bertz CT molecular complexity index is 343. The summed E-state index contributed by atoms with van der Waals surface area (Å²) in [7, 11) is 0. The zero-order valence-electron chi connectivity index (χ0n) is 9.91. The Balaban J connectivity index is 2.52. The van der Waals surface area contributed by atoms with Gasteiger partial charge in [-0.3, -0.25) is 0 Å². The van der Waals surface area contributed by atoms with Crippen LogP contribution in [0.1, 0.15) is 13.8 Å². The molecule has 5 heteroatoms. The number of benzene rings is 1.